The maximum absolute atomic E-state index is 12.2. The molecular formula is C19H16BrIN2O2S. The Morgan fingerprint density at radius 1 is 1.23 bits per heavy atom. The van der Waals surface area contributed by atoms with Crippen LogP contribution in [0, 0.1) is 17.4 Å². The van der Waals surface area contributed by atoms with Crippen molar-refractivity contribution in [2.75, 3.05) is 0 Å². The molecule has 0 unspecified atom stereocenters. The zero-order chi connectivity index (χ0) is 18.8. The number of rotatable bonds is 3. The standard InChI is InChI=1S/C19H16BrIN2O2S/c1-10-3-11(2)5-12(4-10)9-22-19-23-18(25)16(26-19)7-13-6-14(20)8-15(21)17(13)24/h3-8,24H,9H2,1-2H3,(H,22,23,25)/b16-7-. The highest BCUT2D eigenvalue weighted by Crippen LogP contribution is 2.33. The molecule has 2 aromatic carbocycles. The Labute approximate surface area is 178 Å². The molecule has 1 aliphatic heterocycles. The van der Waals surface area contributed by atoms with Crippen molar-refractivity contribution in [3.63, 3.8) is 0 Å². The van der Waals surface area contributed by atoms with E-state index < -0.39 is 0 Å². The maximum atomic E-state index is 12.2. The first-order valence-electron chi connectivity index (χ1n) is 7.82. The van der Waals surface area contributed by atoms with Crippen LogP contribution in [0.3, 0.4) is 0 Å². The number of carbonyl (C=O) groups excluding carboxylic acids is 1. The zero-order valence-corrected chi connectivity index (χ0v) is 18.7. The van der Waals surface area contributed by atoms with Crippen LogP contribution < -0.4 is 5.32 Å². The average Bonchev–Trinajstić information content (AvgIpc) is 2.89. The molecule has 1 fully saturated rings. The lowest BCUT2D eigenvalue weighted by Crippen LogP contribution is -2.19. The van der Waals surface area contributed by atoms with Gasteiger partial charge in [0.05, 0.1) is 15.0 Å². The minimum absolute atomic E-state index is 0.162. The number of aromatic hydroxyl groups is 1. The second-order valence-electron chi connectivity index (χ2n) is 6.01. The number of hydrogen-bond donors (Lipinski definition) is 2. The molecule has 1 heterocycles. The Morgan fingerprint density at radius 2 is 1.92 bits per heavy atom. The molecule has 4 nitrogen and oxygen atoms in total. The highest BCUT2D eigenvalue weighted by Gasteiger charge is 2.24. The van der Waals surface area contributed by atoms with E-state index >= 15 is 0 Å². The summed E-state index contributed by atoms with van der Waals surface area (Å²) in [6.07, 6.45) is 1.68. The van der Waals surface area contributed by atoms with Gasteiger partial charge in [-0.25, -0.2) is 0 Å². The average molecular weight is 543 g/mol. The van der Waals surface area contributed by atoms with E-state index in [1.165, 1.54) is 22.9 Å². The molecule has 2 N–H and O–H groups in total. The number of halogens is 2. The van der Waals surface area contributed by atoms with Gasteiger partial charge in [-0.3, -0.25) is 9.79 Å². The fraction of sp³-hybridized carbons (Fsp3) is 0.158. The molecule has 3 rings (SSSR count). The number of hydrogen-bond acceptors (Lipinski definition) is 4. The number of amides is 1. The maximum Gasteiger partial charge on any atom is 0.264 e. The molecule has 26 heavy (non-hydrogen) atoms. The van der Waals surface area contributed by atoms with Gasteiger partial charge in [0.2, 0.25) is 0 Å². The normalized spacial score (nSPS) is 17.2. The minimum Gasteiger partial charge on any atom is -0.506 e. The first-order chi connectivity index (χ1) is 12.3. The Kier molecular flexibility index (Phi) is 6.09. The van der Waals surface area contributed by atoms with E-state index in [9.17, 15) is 9.90 Å². The lowest BCUT2D eigenvalue weighted by Gasteiger charge is -2.03. The van der Waals surface area contributed by atoms with Gasteiger partial charge in [0, 0.05) is 10.0 Å². The molecule has 0 spiro atoms. The highest BCUT2D eigenvalue weighted by atomic mass is 127. The summed E-state index contributed by atoms with van der Waals surface area (Å²) in [5.41, 5.74) is 4.10. The number of thioether (sulfide) groups is 1. The predicted molar refractivity (Wildman–Crippen MR) is 119 cm³/mol. The van der Waals surface area contributed by atoms with E-state index in [-0.39, 0.29) is 11.7 Å². The smallest absolute Gasteiger partial charge is 0.264 e. The molecule has 134 valence electrons. The van der Waals surface area contributed by atoms with Crippen LogP contribution in [0.4, 0.5) is 0 Å². The number of benzene rings is 2. The minimum atomic E-state index is -0.205. The molecular weight excluding hydrogens is 527 g/mol. The summed E-state index contributed by atoms with van der Waals surface area (Å²) in [6, 6.07) is 9.91. The number of amidine groups is 1. The fourth-order valence-corrected chi connectivity index (χ4v) is 5.02. The quantitative estimate of drug-likeness (QED) is 0.417. The van der Waals surface area contributed by atoms with Gasteiger partial charge in [-0.15, -0.1) is 0 Å². The number of phenolic OH excluding ortho intramolecular Hbond substituents is 1. The molecule has 0 saturated carbocycles. The fourth-order valence-electron chi connectivity index (χ4n) is 2.66. The van der Waals surface area contributed by atoms with Crippen LogP contribution in [0.2, 0.25) is 0 Å². The number of aryl methyl sites for hydroxylation is 2. The summed E-state index contributed by atoms with van der Waals surface area (Å²) in [5, 5.41) is 13.6. The topological polar surface area (TPSA) is 61.7 Å². The Balaban J connectivity index is 1.80. The van der Waals surface area contributed by atoms with Crippen LogP contribution >= 0.6 is 50.3 Å². The van der Waals surface area contributed by atoms with Crippen molar-refractivity contribution < 1.29 is 9.90 Å². The molecule has 1 saturated heterocycles. The van der Waals surface area contributed by atoms with E-state index in [1.54, 1.807) is 12.1 Å². The summed E-state index contributed by atoms with van der Waals surface area (Å²) >= 11 is 6.75. The summed E-state index contributed by atoms with van der Waals surface area (Å²) in [6.45, 7) is 4.63. The molecule has 0 aliphatic carbocycles. The third kappa shape index (κ3) is 4.69. The van der Waals surface area contributed by atoms with Crippen LogP contribution in [0.15, 0.2) is 44.7 Å². The Bertz CT molecular complexity index is 937. The van der Waals surface area contributed by atoms with E-state index in [2.05, 4.69) is 80.9 Å². The largest absolute Gasteiger partial charge is 0.506 e. The van der Waals surface area contributed by atoms with Gasteiger partial charge in [0.25, 0.3) is 5.91 Å². The summed E-state index contributed by atoms with van der Waals surface area (Å²) < 4.78 is 1.56. The molecule has 0 aromatic heterocycles. The second-order valence-corrected chi connectivity index (χ2v) is 9.12. The van der Waals surface area contributed by atoms with Crippen LogP contribution in [0.1, 0.15) is 22.3 Å². The van der Waals surface area contributed by atoms with Gasteiger partial charge < -0.3 is 10.4 Å². The van der Waals surface area contributed by atoms with Crippen molar-refractivity contribution in [2.45, 2.75) is 20.4 Å². The summed E-state index contributed by atoms with van der Waals surface area (Å²) in [4.78, 5) is 17.2. The first kappa shape index (κ1) is 19.4. The molecule has 7 heteroatoms. The van der Waals surface area contributed by atoms with Crippen molar-refractivity contribution in [3.05, 3.63) is 65.5 Å². The number of nitrogens with zero attached hydrogens (tertiary/aromatic N) is 1. The number of phenols is 1. The third-order valence-corrected chi connectivity index (χ3v) is 5.91. The number of aliphatic imine (C=N–C) groups is 1. The monoisotopic (exact) mass is 542 g/mol. The van der Waals surface area contributed by atoms with Gasteiger partial charge in [0.1, 0.15) is 5.75 Å². The molecule has 2 aromatic rings. The van der Waals surface area contributed by atoms with Crippen molar-refractivity contribution in [2.24, 2.45) is 4.99 Å². The van der Waals surface area contributed by atoms with Crippen molar-refractivity contribution in [1.82, 2.24) is 5.32 Å². The highest BCUT2D eigenvalue weighted by molar-refractivity contribution is 14.1. The SMILES string of the molecule is Cc1cc(C)cc(CN=C2NC(=O)/C(=C/c3cc(Br)cc(I)c3O)S2)c1. The van der Waals surface area contributed by atoms with Gasteiger partial charge in [-0.1, -0.05) is 45.3 Å². The van der Waals surface area contributed by atoms with E-state index in [1.807, 2.05) is 6.07 Å². The lowest BCUT2D eigenvalue weighted by molar-refractivity contribution is -0.115. The van der Waals surface area contributed by atoms with E-state index in [0.717, 1.165) is 13.6 Å². The Hall–Kier alpha value is -1.32. The zero-order valence-electron chi connectivity index (χ0n) is 14.1. The lowest BCUT2D eigenvalue weighted by atomic mass is 10.1. The molecule has 0 atom stereocenters. The third-order valence-electron chi connectivity index (χ3n) is 3.68. The van der Waals surface area contributed by atoms with Crippen LogP contribution in [0.5, 0.6) is 5.75 Å². The van der Waals surface area contributed by atoms with Crippen molar-refractivity contribution in [1.29, 1.82) is 0 Å². The van der Waals surface area contributed by atoms with Crippen LogP contribution in [-0.4, -0.2) is 16.2 Å². The molecule has 0 radical (unpaired) electrons. The van der Waals surface area contributed by atoms with E-state index in [0.29, 0.717) is 22.2 Å². The van der Waals surface area contributed by atoms with Gasteiger partial charge in [0.15, 0.2) is 5.17 Å². The number of carbonyl (C=O) groups is 1. The van der Waals surface area contributed by atoms with Crippen LogP contribution in [0.25, 0.3) is 6.08 Å². The first-order valence-corrected chi connectivity index (χ1v) is 10.5. The summed E-state index contributed by atoms with van der Waals surface area (Å²) in [5.74, 6) is -0.0427. The molecule has 1 aliphatic rings. The second kappa shape index (κ2) is 8.14. The van der Waals surface area contributed by atoms with Gasteiger partial charge in [-0.05, 0) is 72.0 Å². The Morgan fingerprint density at radius 3 is 2.62 bits per heavy atom. The summed E-state index contributed by atoms with van der Waals surface area (Å²) in [7, 11) is 0. The van der Waals surface area contributed by atoms with Gasteiger partial charge >= 0.3 is 0 Å². The van der Waals surface area contributed by atoms with E-state index in [4.69, 9.17) is 0 Å². The molecule has 0 bridgehead atoms. The van der Waals surface area contributed by atoms with Crippen LogP contribution in [-0.2, 0) is 11.3 Å². The number of nitrogens with one attached hydrogen (secondary N) is 1. The van der Waals surface area contributed by atoms with Gasteiger partial charge in [-0.2, -0.15) is 0 Å². The predicted octanol–water partition coefficient (Wildman–Crippen LogP) is 5.14. The molecule has 1 amide bonds. The van der Waals surface area contributed by atoms with Crippen molar-refractivity contribution >= 4 is 67.4 Å². The van der Waals surface area contributed by atoms with Crippen molar-refractivity contribution in [3.8, 4) is 5.75 Å².